The third-order valence-corrected chi connectivity index (χ3v) is 1.27. The summed E-state index contributed by atoms with van der Waals surface area (Å²) in [7, 11) is 0. The summed E-state index contributed by atoms with van der Waals surface area (Å²) >= 11 is 0. The number of ether oxygens (including phenoxy) is 2. The van der Waals surface area contributed by atoms with Gasteiger partial charge in [-0.25, -0.2) is 0 Å². The van der Waals surface area contributed by atoms with E-state index in [4.69, 9.17) is 9.47 Å². The van der Waals surface area contributed by atoms with Crippen molar-refractivity contribution in [2.24, 2.45) is 5.92 Å². The van der Waals surface area contributed by atoms with Gasteiger partial charge in [-0.3, -0.25) is 0 Å². The number of hydrogen-bond acceptors (Lipinski definition) is 2. The van der Waals surface area contributed by atoms with Crippen LogP contribution in [0.25, 0.3) is 0 Å². The van der Waals surface area contributed by atoms with Crippen molar-refractivity contribution in [1.29, 1.82) is 0 Å². The van der Waals surface area contributed by atoms with Gasteiger partial charge in [0, 0.05) is 13.2 Å². The van der Waals surface area contributed by atoms with Gasteiger partial charge in [0.05, 0.1) is 12.7 Å². The fourth-order valence-electron chi connectivity index (χ4n) is 0.689. The van der Waals surface area contributed by atoms with Gasteiger partial charge in [-0.05, 0) is 19.8 Å². The van der Waals surface area contributed by atoms with Gasteiger partial charge in [0.25, 0.3) is 0 Å². The van der Waals surface area contributed by atoms with Crippen molar-refractivity contribution < 1.29 is 9.47 Å². The summed E-state index contributed by atoms with van der Waals surface area (Å²) in [6.07, 6.45) is 0.234. The van der Waals surface area contributed by atoms with Crippen molar-refractivity contribution >= 4 is 0 Å². The lowest BCUT2D eigenvalue weighted by Crippen LogP contribution is -2.18. The molecular formula is C9H20O2. The molecule has 0 bridgehead atoms. The molecule has 0 aliphatic rings. The van der Waals surface area contributed by atoms with E-state index in [2.05, 4.69) is 13.8 Å². The van der Waals surface area contributed by atoms with Crippen molar-refractivity contribution in [3.63, 3.8) is 0 Å². The zero-order valence-corrected chi connectivity index (χ0v) is 8.09. The molecule has 0 spiro atoms. The molecule has 0 aliphatic carbocycles. The molecule has 0 saturated carbocycles. The zero-order valence-electron chi connectivity index (χ0n) is 8.09. The summed E-state index contributed by atoms with van der Waals surface area (Å²) in [6.45, 7) is 10.6. The van der Waals surface area contributed by atoms with Gasteiger partial charge in [0.15, 0.2) is 0 Å². The average Bonchev–Trinajstić information content (AvgIpc) is 1.97. The summed E-state index contributed by atoms with van der Waals surface area (Å²) in [5.74, 6) is 0.610. The molecule has 2 heteroatoms. The normalized spacial score (nSPS) is 13.9. The monoisotopic (exact) mass is 160 g/mol. The molecule has 0 fully saturated rings. The predicted octanol–water partition coefficient (Wildman–Crippen LogP) is 2.08. The van der Waals surface area contributed by atoms with E-state index < -0.39 is 0 Å². The Morgan fingerprint density at radius 2 is 1.73 bits per heavy atom. The van der Waals surface area contributed by atoms with E-state index in [0.717, 1.165) is 13.2 Å². The van der Waals surface area contributed by atoms with Crippen LogP contribution >= 0.6 is 0 Å². The number of hydrogen-bond donors (Lipinski definition) is 0. The Kier molecular flexibility index (Phi) is 6.57. The van der Waals surface area contributed by atoms with Crippen LogP contribution in [0, 0.1) is 5.92 Å². The predicted molar refractivity (Wildman–Crippen MR) is 46.7 cm³/mol. The minimum atomic E-state index is 0.234. The fraction of sp³-hybridized carbons (Fsp3) is 1.00. The Morgan fingerprint density at radius 3 is 2.18 bits per heavy atom. The molecule has 1 atom stereocenters. The molecule has 1 unspecified atom stereocenters. The highest BCUT2D eigenvalue weighted by Crippen LogP contribution is 1.97. The van der Waals surface area contributed by atoms with E-state index in [-0.39, 0.29) is 6.10 Å². The Hall–Kier alpha value is -0.0800. The van der Waals surface area contributed by atoms with Gasteiger partial charge in [-0.2, -0.15) is 0 Å². The quantitative estimate of drug-likeness (QED) is 0.592. The first-order valence-electron chi connectivity index (χ1n) is 4.36. The average molecular weight is 160 g/mol. The largest absolute Gasteiger partial charge is 0.379 e. The first-order valence-corrected chi connectivity index (χ1v) is 4.36. The lowest BCUT2D eigenvalue weighted by molar-refractivity contribution is -0.0130. The molecule has 68 valence electrons. The highest BCUT2D eigenvalue weighted by atomic mass is 16.5. The lowest BCUT2D eigenvalue weighted by atomic mass is 10.2. The maximum absolute atomic E-state index is 5.48. The standard InChI is InChI=1S/C9H20O2/c1-5-10-7-9(4)11-6-8(2)3/h8-9H,5-7H2,1-4H3. The first kappa shape index (κ1) is 10.9. The van der Waals surface area contributed by atoms with Crippen LogP contribution in [0.4, 0.5) is 0 Å². The van der Waals surface area contributed by atoms with Crippen LogP contribution in [-0.4, -0.2) is 25.9 Å². The Labute approximate surface area is 69.9 Å². The van der Waals surface area contributed by atoms with Gasteiger partial charge in [0.1, 0.15) is 0 Å². The van der Waals surface area contributed by atoms with Crippen LogP contribution < -0.4 is 0 Å². The third kappa shape index (κ3) is 7.82. The van der Waals surface area contributed by atoms with Crippen molar-refractivity contribution in [2.75, 3.05) is 19.8 Å². The second kappa shape index (κ2) is 6.62. The third-order valence-electron chi connectivity index (χ3n) is 1.27. The summed E-state index contributed by atoms with van der Waals surface area (Å²) < 4.78 is 10.7. The molecule has 0 aromatic heterocycles. The molecule has 0 N–H and O–H groups in total. The summed E-state index contributed by atoms with van der Waals surface area (Å²) in [4.78, 5) is 0. The molecule has 0 radical (unpaired) electrons. The maximum Gasteiger partial charge on any atom is 0.0780 e. The zero-order chi connectivity index (χ0) is 8.69. The van der Waals surface area contributed by atoms with Crippen LogP contribution in [-0.2, 0) is 9.47 Å². The fourth-order valence-corrected chi connectivity index (χ4v) is 0.689. The van der Waals surface area contributed by atoms with Crippen molar-refractivity contribution in [3.05, 3.63) is 0 Å². The van der Waals surface area contributed by atoms with Gasteiger partial charge < -0.3 is 9.47 Å². The van der Waals surface area contributed by atoms with Gasteiger partial charge >= 0.3 is 0 Å². The lowest BCUT2D eigenvalue weighted by Gasteiger charge is -2.14. The van der Waals surface area contributed by atoms with E-state index in [0.29, 0.717) is 12.5 Å². The van der Waals surface area contributed by atoms with Crippen LogP contribution in [0.5, 0.6) is 0 Å². The van der Waals surface area contributed by atoms with E-state index in [9.17, 15) is 0 Å². The molecule has 11 heavy (non-hydrogen) atoms. The summed E-state index contributed by atoms with van der Waals surface area (Å²) in [5, 5.41) is 0. The van der Waals surface area contributed by atoms with E-state index in [1.165, 1.54) is 0 Å². The van der Waals surface area contributed by atoms with E-state index >= 15 is 0 Å². The molecule has 0 rings (SSSR count). The van der Waals surface area contributed by atoms with Crippen molar-refractivity contribution in [2.45, 2.75) is 33.8 Å². The molecular weight excluding hydrogens is 140 g/mol. The second-order valence-electron chi connectivity index (χ2n) is 3.20. The molecule has 0 aromatic rings. The minimum Gasteiger partial charge on any atom is -0.379 e. The highest BCUT2D eigenvalue weighted by Gasteiger charge is 2.02. The van der Waals surface area contributed by atoms with Crippen LogP contribution in [0.3, 0.4) is 0 Å². The summed E-state index contributed by atoms with van der Waals surface area (Å²) in [6, 6.07) is 0. The topological polar surface area (TPSA) is 18.5 Å². The number of rotatable bonds is 6. The van der Waals surface area contributed by atoms with Gasteiger partial charge in [-0.1, -0.05) is 13.8 Å². The Balaban J connectivity index is 3.15. The molecule has 0 saturated heterocycles. The molecule has 0 aliphatic heterocycles. The molecule has 0 amide bonds. The van der Waals surface area contributed by atoms with Gasteiger partial charge in [0.2, 0.25) is 0 Å². The summed E-state index contributed by atoms with van der Waals surface area (Å²) in [5.41, 5.74) is 0. The van der Waals surface area contributed by atoms with Crippen LogP contribution in [0.15, 0.2) is 0 Å². The smallest absolute Gasteiger partial charge is 0.0780 e. The van der Waals surface area contributed by atoms with Crippen molar-refractivity contribution in [3.8, 4) is 0 Å². The van der Waals surface area contributed by atoms with Crippen molar-refractivity contribution in [1.82, 2.24) is 0 Å². The second-order valence-corrected chi connectivity index (χ2v) is 3.20. The van der Waals surface area contributed by atoms with Crippen LogP contribution in [0.2, 0.25) is 0 Å². The molecule has 2 nitrogen and oxygen atoms in total. The van der Waals surface area contributed by atoms with E-state index in [1.807, 2.05) is 13.8 Å². The Morgan fingerprint density at radius 1 is 1.09 bits per heavy atom. The molecule has 0 heterocycles. The van der Waals surface area contributed by atoms with Crippen LogP contribution in [0.1, 0.15) is 27.7 Å². The molecule has 0 aromatic carbocycles. The SMILES string of the molecule is CCOCC(C)OCC(C)C. The van der Waals surface area contributed by atoms with Gasteiger partial charge in [-0.15, -0.1) is 0 Å². The maximum atomic E-state index is 5.48. The Bertz CT molecular complexity index is 81.6. The first-order chi connectivity index (χ1) is 5.16. The minimum absolute atomic E-state index is 0.234. The highest BCUT2D eigenvalue weighted by molar-refractivity contribution is 4.48. The van der Waals surface area contributed by atoms with E-state index in [1.54, 1.807) is 0 Å².